The Morgan fingerprint density at radius 3 is 2.26 bits per heavy atom. The Balaban J connectivity index is 1.49. The molecular formula is C22H23N. The minimum Gasteiger partial charge on any atom is -0.293 e. The van der Waals surface area contributed by atoms with Gasteiger partial charge in [0.25, 0.3) is 0 Å². The van der Waals surface area contributed by atoms with Crippen molar-refractivity contribution in [2.75, 3.05) is 6.54 Å². The zero-order valence-electron chi connectivity index (χ0n) is 13.5. The van der Waals surface area contributed by atoms with Crippen molar-refractivity contribution in [3.05, 3.63) is 71.3 Å². The molecule has 2 aliphatic heterocycles. The van der Waals surface area contributed by atoms with E-state index in [-0.39, 0.29) is 0 Å². The van der Waals surface area contributed by atoms with Crippen LogP contribution < -0.4 is 0 Å². The molecule has 1 nitrogen and oxygen atoms in total. The average molecular weight is 301 g/mol. The molecule has 0 aromatic heterocycles. The van der Waals surface area contributed by atoms with Gasteiger partial charge in [-0.05, 0) is 62.1 Å². The van der Waals surface area contributed by atoms with Crippen molar-refractivity contribution >= 4 is 0 Å². The van der Waals surface area contributed by atoms with Gasteiger partial charge in [0.1, 0.15) is 0 Å². The summed E-state index contributed by atoms with van der Waals surface area (Å²) in [6.07, 6.45) is 6.88. The second kappa shape index (κ2) is 6.60. The van der Waals surface area contributed by atoms with Crippen LogP contribution in [-0.2, 0) is 0 Å². The van der Waals surface area contributed by atoms with Crippen molar-refractivity contribution < 1.29 is 0 Å². The number of hydrogen-bond acceptors (Lipinski definition) is 1. The Morgan fingerprint density at radius 2 is 1.48 bits per heavy atom. The van der Waals surface area contributed by atoms with Gasteiger partial charge in [0.05, 0.1) is 0 Å². The Bertz CT molecular complexity index is 705. The largest absolute Gasteiger partial charge is 0.293 e. The average Bonchev–Trinajstić information content (AvgIpc) is 3.05. The second-order valence-corrected chi connectivity index (χ2v) is 6.72. The van der Waals surface area contributed by atoms with E-state index in [4.69, 9.17) is 0 Å². The highest BCUT2D eigenvalue weighted by molar-refractivity contribution is 5.43. The lowest BCUT2D eigenvalue weighted by molar-refractivity contribution is 0.150. The highest BCUT2D eigenvalue weighted by Crippen LogP contribution is 2.40. The summed E-state index contributed by atoms with van der Waals surface area (Å²) in [4.78, 5) is 2.74. The van der Waals surface area contributed by atoms with Crippen LogP contribution in [0.25, 0.3) is 0 Å². The molecule has 2 atom stereocenters. The third kappa shape index (κ3) is 3.19. The Labute approximate surface area is 139 Å². The molecule has 116 valence electrons. The standard InChI is InChI=1S/C22H23N/c1-2-6-18(7-3-1)9-10-19-11-13-20(14-12-19)22-16-15-21-8-4-5-17-23(21)22/h1-3,6-7,11-14,21-22H,4-5,8,15-17H2. The lowest BCUT2D eigenvalue weighted by Gasteiger charge is -2.34. The quantitative estimate of drug-likeness (QED) is 0.685. The molecule has 4 rings (SSSR count). The van der Waals surface area contributed by atoms with E-state index in [0.29, 0.717) is 6.04 Å². The van der Waals surface area contributed by atoms with Crippen LogP contribution >= 0.6 is 0 Å². The Hall–Kier alpha value is -2.04. The van der Waals surface area contributed by atoms with Gasteiger partial charge in [-0.1, -0.05) is 48.6 Å². The summed E-state index contributed by atoms with van der Waals surface area (Å²) in [7, 11) is 0. The van der Waals surface area contributed by atoms with Gasteiger partial charge in [0, 0.05) is 23.2 Å². The van der Waals surface area contributed by atoms with Crippen molar-refractivity contribution in [1.82, 2.24) is 4.90 Å². The maximum Gasteiger partial charge on any atom is 0.0351 e. The number of piperidine rings is 1. The maximum absolute atomic E-state index is 3.27. The molecule has 23 heavy (non-hydrogen) atoms. The van der Waals surface area contributed by atoms with Crippen LogP contribution in [-0.4, -0.2) is 17.5 Å². The van der Waals surface area contributed by atoms with Crippen LogP contribution in [0, 0.1) is 11.8 Å². The van der Waals surface area contributed by atoms with Crippen LogP contribution in [0.5, 0.6) is 0 Å². The minimum absolute atomic E-state index is 0.636. The second-order valence-electron chi connectivity index (χ2n) is 6.72. The first-order valence-electron chi connectivity index (χ1n) is 8.83. The summed E-state index contributed by atoms with van der Waals surface area (Å²) >= 11 is 0. The fourth-order valence-electron chi connectivity index (χ4n) is 4.07. The maximum atomic E-state index is 3.27. The number of fused-ring (bicyclic) bond motifs is 1. The molecule has 0 bridgehead atoms. The third-order valence-electron chi connectivity index (χ3n) is 5.27. The van der Waals surface area contributed by atoms with Crippen molar-refractivity contribution in [2.24, 2.45) is 0 Å². The number of hydrogen-bond donors (Lipinski definition) is 0. The number of nitrogens with zero attached hydrogens (tertiary/aromatic N) is 1. The van der Waals surface area contributed by atoms with E-state index in [0.717, 1.165) is 17.2 Å². The number of benzene rings is 2. The number of rotatable bonds is 1. The molecule has 0 aliphatic carbocycles. The zero-order chi connectivity index (χ0) is 15.5. The predicted octanol–water partition coefficient (Wildman–Crippen LogP) is 4.78. The third-order valence-corrected chi connectivity index (χ3v) is 5.27. The van der Waals surface area contributed by atoms with Crippen molar-refractivity contribution in [2.45, 2.75) is 44.2 Å². The molecule has 0 radical (unpaired) electrons. The van der Waals surface area contributed by atoms with Crippen LogP contribution in [0.2, 0.25) is 0 Å². The fraction of sp³-hybridized carbons (Fsp3) is 0.364. The summed E-state index contributed by atoms with van der Waals surface area (Å²) < 4.78 is 0. The van der Waals surface area contributed by atoms with E-state index in [2.05, 4.69) is 53.1 Å². The molecule has 0 spiro atoms. The normalized spacial score (nSPS) is 23.8. The summed E-state index contributed by atoms with van der Waals surface area (Å²) in [5.74, 6) is 6.51. The van der Waals surface area contributed by atoms with Crippen molar-refractivity contribution in [1.29, 1.82) is 0 Å². The van der Waals surface area contributed by atoms with E-state index in [1.807, 2.05) is 18.2 Å². The van der Waals surface area contributed by atoms with Gasteiger partial charge in [-0.3, -0.25) is 4.90 Å². The topological polar surface area (TPSA) is 3.24 Å². The first-order valence-corrected chi connectivity index (χ1v) is 8.83. The lowest BCUT2D eigenvalue weighted by Crippen LogP contribution is -2.35. The minimum atomic E-state index is 0.636. The SMILES string of the molecule is C(#Cc1ccc(C2CCC3CCCCN32)cc1)c1ccccc1. The van der Waals surface area contributed by atoms with Crippen LogP contribution in [0.15, 0.2) is 54.6 Å². The van der Waals surface area contributed by atoms with Gasteiger partial charge in [0.15, 0.2) is 0 Å². The highest BCUT2D eigenvalue weighted by Gasteiger charge is 2.35. The molecule has 2 aromatic carbocycles. The molecule has 2 aliphatic rings. The van der Waals surface area contributed by atoms with E-state index in [1.165, 1.54) is 44.2 Å². The van der Waals surface area contributed by atoms with Crippen molar-refractivity contribution in [3.63, 3.8) is 0 Å². The van der Waals surface area contributed by atoms with Gasteiger partial charge >= 0.3 is 0 Å². The summed E-state index contributed by atoms with van der Waals surface area (Å²) in [6, 6.07) is 20.6. The Morgan fingerprint density at radius 1 is 0.739 bits per heavy atom. The van der Waals surface area contributed by atoms with Crippen molar-refractivity contribution in [3.8, 4) is 11.8 Å². The molecule has 2 fully saturated rings. The fourth-order valence-corrected chi connectivity index (χ4v) is 4.07. The smallest absolute Gasteiger partial charge is 0.0351 e. The molecule has 2 aromatic rings. The molecule has 2 heterocycles. The van der Waals surface area contributed by atoms with Crippen LogP contribution in [0.1, 0.15) is 54.8 Å². The molecule has 0 amide bonds. The first kappa shape index (κ1) is 14.5. The van der Waals surface area contributed by atoms with Gasteiger partial charge < -0.3 is 0 Å². The van der Waals surface area contributed by atoms with Crippen LogP contribution in [0.4, 0.5) is 0 Å². The molecular weight excluding hydrogens is 278 g/mol. The summed E-state index contributed by atoms with van der Waals surface area (Å²) in [5.41, 5.74) is 3.65. The van der Waals surface area contributed by atoms with E-state index in [9.17, 15) is 0 Å². The van der Waals surface area contributed by atoms with Crippen LogP contribution in [0.3, 0.4) is 0 Å². The van der Waals surface area contributed by atoms with Gasteiger partial charge in [-0.15, -0.1) is 0 Å². The molecule has 2 saturated heterocycles. The molecule has 0 N–H and O–H groups in total. The monoisotopic (exact) mass is 301 g/mol. The highest BCUT2D eigenvalue weighted by atomic mass is 15.2. The summed E-state index contributed by atoms with van der Waals surface area (Å²) in [6.45, 7) is 1.28. The van der Waals surface area contributed by atoms with E-state index < -0.39 is 0 Å². The molecule has 2 unspecified atom stereocenters. The van der Waals surface area contributed by atoms with Gasteiger partial charge in [-0.25, -0.2) is 0 Å². The van der Waals surface area contributed by atoms with Gasteiger partial charge in [0.2, 0.25) is 0 Å². The Kier molecular flexibility index (Phi) is 4.18. The van der Waals surface area contributed by atoms with E-state index >= 15 is 0 Å². The molecule has 0 saturated carbocycles. The first-order chi connectivity index (χ1) is 11.4. The lowest BCUT2D eigenvalue weighted by atomic mass is 10.0. The molecule has 1 heteroatoms. The van der Waals surface area contributed by atoms with Gasteiger partial charge in [-0.2, -0.15) is 0 Å². The summed E-state index contributed by atoms with van der Waals surface area (Å²) in [5, 5.41) is 0. The van der Waals surface area contributed by atoms with E-state index in [1.54, 1.807) is 0 Å². The zero-order valence-corrected chi connectivity index (χ0v) is 13.5. The predicted molar refractivity (Wildman–Crippen MR) is 95.2 cm³/mol.